The summed E-state index contributed by atoms with van der Waals surface area (Å²) in [5, 5.41) is 6.16. The Balaban J connectivity index is 1.47. The van der Waals surface area contributed by atoms with Gasteiger partial charge in [-0.1, -0.05) is 40.6 Å². The molecule has 0 spiro atoms. The summed E-state index contributed by atoms with van der Waals surface area (Å²) in [6, 6.07) is 19.1. The number of carbonyl (C=O) groups excluding carboxylic acids is 1. The van der Waals surface area contributed by atoms with Crippen LogP contribution in [-0.4, -0.2) is 49.5 Å². The number of amides is 1. The first-order valence-corrected chi connectivity index (χ1v) is 16.1. The summed E-state index contributed by atoms with van der Waals surface area (Å²) in [5.74, 6) is 0.294. The standard InChI is InChI=1S/C29H29BrN4O4S2/c1-3-23-6-4-5-17-33(23)40(36,37)25-14-9-21(10-15-25)28(35)34(31-19-20-7-12-24(38-2)13-8-20)29-32-26-16-11-22(30)18-27(26)39-29/h7-16,18-19,23H,3-6,17H2,1-2H3/b31-19+. The lowest BCUT2D eigenvalue weighted by Crippen LogP contribution is -2.43. The number of anilines is 1. The average Bonchev–Trinajstić information content (AvgIpc) is 3.40. The Bertz CT molecular complexity index is 1640. The minimum Gasteiger partial charge on any atom is -0.497 e. The summed E-state index contributed by atoms with van der Waals surface area (Å²) >= 11 is 4.82. The van der Waals surface area contributed by atoms with Gasteiger partial charge in [-0.3, -0.25) is 4.79 Å². The van der Waals surface area contributed by atoms with E-state index < -0.39 is 15.9 Å². The van der Waals surface area contributed by atoms with Crippen LogP contribution >= 0.6 is 27.3 Å². The zero-order valence-corrected chi connectivity index (χ0v) is 25.4. The summed E-state index contributed by atoms with van der Waals surface area (Å²) in [7, 11) is -2.06. The number of carbonyl (C=O) groups is 1. The molecule has 0 saturated carbocycles. The zero-order chi connectivity index (χ0) is 28.3. The number of methoxy groups -OCH3 is 1. The molecule has 1 amide bonds. The Kier molecular flexibility index (Phi) is 8.65. The molecule has 1 saturated heterocycles. The maximum Gasteiger partial charge on any atom is 0.280 e. The van der Waals surface area contributed by atoms with Gasteiger partial charge in [-0.25, -0.2) is 13.4 Å². The quantitative estimate of drug-likeness (QED) is 0.158. The fourth-order valence-electron chi connectivity index (χ4n) is 4.71. The van der Waals surface area contributed by atoms with Gasteiger partial charge in [-0.15, -0.1) is 0 Å². The van der Waals surface area contributed by atoms with E-state index in [-0.39, 0.29) is 10.9 Å². The molecular weight excluding hydrogens is 612 g/mol. The lowest BCUT2D eigenvalue weighted by molar-refractivity contribution is 0.0987. The van der Waals surface area contributed by atoms with Gasteiger partial charge < -0.3 is 4.74 Å². The highest BCUT2D eigenvalue weighted by Crippen LogP contribution is 2.32. The third kappa shape index (κ3) is 5.97. The highest BCUT2D eigenvalue weighted by molar-refractivity contribution is 9.10. The van der Waals surface area contributed by atoms with E-state index in [2.05, 4.69) is 26.0 Å². The van der Waals surface area contributed by atoms with Gasteiger partial charge in [-0.2, -0.15) is 14.4 Å². The molecule has 1 atom stereocenters. The first-order chi connectivity index (χ1) is 19.3. The molecule has 0 radical (unpaired) electrons. The lowest BCUT2D eigenvalue weighted by Gasteiger charge is -2.34. The molecule has 208 valence electrons. The zero-order valence-electron chi connectivity index (χ0n) is 22.2. The highest BCUT2D eigenvalue weighted by Gasteiger charge is 2.32. The highest BCUT2D eigenvalue weighted by atomic mass is 79.9. The monoisotopic (exact) mass is 640 g/mol. The summed E-state index contributed by atoms with van der Waals surface area (Å²) in [6.45, 7) is 2.53. The van der Waals surface area contributed by atoms with Gasteiger partial charge in [0.05, 0.1) is 28.4 Å². The Morgan fingerprint density at radius 1 is 1.15 bits per heavy atom. The second kappa shape index (κ2) is 12.2. The predicted octanol–water partition coefficient (Wildman–Crippen LogP) is 6.70. The molecular formula is C29H29BrN4O4S2. The van der Waals surface area contributed by atoms with Crippen LogP contribution < -0.4 is 9.75 Å². The van der Waals surface area contributed by atoms with Crippen LogP contribution in [0, 0.1) is 0 Å². The van der Waals surface area contributed by atoms with E-state index in [9.17, 15) is 13.2 Å². The molecule has 40 heavy (non-hydrogen) atoms. The Labute approximate surface area is 246 Å². The van der Waals surface area contributed by atoms with Gasteiger partial charge in [0.1, 0.15) is 5.75 Å². The number of rotatable bonds is 8. The van der Waals surface area contributed by atoms with Crippen LogP contribution in [0.25, 0.3) is 10.2 Å². The second-order valence-electron chi connectivity index (χ2n) is 9.44. The normalized spacial score (nSPS) is 16.4. The number of hydrogen-bond acceptors (Lipinski definition) is 7. The molecule has 3 aromatic carbocycles. The Morgan fingerprint density at radius 3 is 2.60 bits per heavy atom. The fraction of sp³-hybridized carbons (Fsp3) is 0.276. The molecule has 1 aromatic heterocycles. The molecule has 1 fully saturated rings. The van der Waals surface area contributed by atoms with E-state index in [1.54, 1.807) is 29.8 Å². The smallest absolute Gasteiger partial charge is 0.280 e. The van der Waals surface area contributed by atoms with Crippen LogP contribution in [0.1, 0.15) is 48.5 Å². The van der Waals surface area contributed by atoms with Crippen molar-refractivity contribution in [3.05, 3.63) is 82.3 Å². The van der Waals surface area contributed by atoms with Crippen LogP contribution in [0.3, 0.4) is 0 Å². The number of halogens is 1. The molecule has 1 unspecified atom stereocenters. The first-order valence-electron chi connectivity index (χ1n) is 13.0. The van der Waals surface area contributed by atoms with E-state index in [1.165, 1.54) is 28.5 Å². The Hall–Kier alpha value is -3.12. The van der Waals surface area contributed by atoms with Gasteiger partial charge in [0, 0.05) is 22.6 Å². The summed E-state index contributed by atoms with van der Waals surface area (Å²) in [4.78, 5) is 18.6. The van der Waals surface area contributed by atoms with Crippen molar-refractivity contribution in [2.45, 2.75) is 43.5 Å². The molecule has 4 aromatic rings. The van der Waals surface area contributed by atoms with Crippen LogP contribution in [0.15, 0.2) is 81.2 Å². The van der Waals surface area contributed by atoms with Gasteiger partial charge in [0.15, 0.2) is 0 Å². The predicted molar refractivity (Wildman–Crippen MR) is 163 cm³/mol. The van der Waals surface area contributed by atoms with E-state index in [0.717, 1.165) is 45.9 Å². The SMILES string of the molecule is CCC1CCCCN1S(=O)(=O)c1ccc(C(=O)N(/N=C/c2ccc(OC)cc2)c2nc3ccc(Br)cc3s2)cc1. The van der Waals surface area contributed by atoms with Crippen molar-refractivity contribution in [3.8, 4) is 5.75 Å². The number of hydrogen-bond donors (Lipinski definition) is 0. The van der Waals surface area contributed by atoms with Crippen LogP contribution in [-0.2, 0) is 10.0 Å². The minimum atomic E-state index is -3.66. The van der Waals surface area contributed by atoms with Crippen LogP contribution in [0.4, 0.5) is 5.13 Å². The van der Waals surface area contributed by atoms with Crippen molar-refractivity contribution in [1.82, 2.24) is 9.29 Å². The number of piperidine rings is 1. The molecule has 5 rings (SSSR count). The number of aromatic nitrogens is 1. The van der Waals surface area contributed by atoms with E-state index in [4.69, 9.17) is 4.74 Å². The van der Waals surface area contributed by atoms with Crippen molar-refractivity contribution < 1.29 is 17.9 Å². The maximum atomic E-state index is 13.8. The number of nitrogens with zero attached hydrogens (tertiary/aromatic N) is 4. The van der Waals surface area contributed by atoms with Crippen molar-refractivity contribution in [1.29, 1.82) is 0 Å². The number of thiazole rings is 1. The molecule has 1 aliphatic rings. The second-order valence-corrected chi connectivity index (χ2v) is 13.3. The molecule has 0 N–H and O–H groups in total. The number of ether oxygens (including phenoxy) is 1. The van der Waals surface area contributed by atoms with Gasteiger partial charge >= 0.3 is 0 Å². The Morgan fingerprint density at radius 2 is 1.90 bits per heavy atom. The van der Waals surface area contributed by atoms with Crippen LogP contribution in [0.5, 0.6) is 5.75 Å². The molecule has 1 aliphatic heterocycles. The maximum absolute atomic E-state index is 13.8. The average molecular weight is 642 g/mol. The van der Waals surface area contributed by atoms with Crippen molar-refractivity contribution in [2.75, 3.05) is 18.7 Å². The van der Waals surface area contributed by atoms with Gasteiger partial charge in [-0.05, 0) is 91.6 Å². The molecule has 0 aliphatic carbocycles. The van der Waals surface area contributed by atoms with E-state index in [1.807, 2.05) is 49.4 Å². The largest absolute Gasteiger partial charge is 0.497 e. The lowest BCUT2D eigenvalue weighted by atomic mass is 10.0. The van der Waals surface area contributed by atoms with E-state index in [0.29, 0.717) is 23.0 Å². The first kappa shape index (κ1) is 28.4. The number of benzene rings is 3. The van der Waals surface area contributed by atoms with Crippen molar-refractivity contribution in [3.63, 3.8) is 0 Å². The van der Waals surface area contributed by atoms with Crippen LogP contribution in [0.2, 0.25) is 0 Å². The van der Waals surface area contributed by atoms with Gasteiger partial charge in [0.25, 0.3) is 5.91 Å². The minimum absolute atomic E-state index is 0.00177. The molecule has 8 nitrogen and oxygen atoms in total. The van der Waals surface area contributed by atoms with Crippen molar-refractivity contribution in [2.24, 2.45) is 5.10 Å². The topological polar surface area (TPSA) is 92.2 Å². The third-order valence-corrected chi connectivity index (χ3v) is 10.4. The fourth-order valence-corrected chi connectivity index (χ4v) is 7.95. The summed E-state index contributed by atoms with van der Waals surface area (Å²) in [5.41, 5.74) is 1.82. The number of fused-ring (bicyclic) bond motifs is 1. The summed E-state index contributed by atoms with van der Waals surface area (Å²) < 4.78 is 35.5. The molecule has 11 heteroatoms. The number of hydrazone groups is 1. The number of sulfonamides is 1. The summed E-state index contributed by atoms with van der Waals surface area (Å²) in [6.07, 6.45) is 5.11. The third-order valence-electron chi connectivity index (χ3n) is 6.90. The van der Waals surface area contributed by atoms with E-state index >= 15 is 0 Å². The van der Waals surface area contributed by atoms with Gasteiger partial charge in [0.2, 0.25) is 15.2 Å². The molecule has 2 heterocycles. The van der Waals surface area contributed by atoms with Crippen molar-refractivity contribution >= 4 is 64.8 Å². The molecule has 0 bridgehead atoms.